The molecule has 0 aromatic carbocycles. The molecule has 2 heterocycles. The zero-order chi connectivity index (χ0) is 24.7. The van der Waals surface area contributed by atoms with Gasteiger partial charge in [0.2, 0.25) is 6.20 Å². The fraction of sp³-hybridized carbons (Fsp3) is 0.591. The number of nitrogens with zero attached hydrogens (tertiary/aromatic N) is 1. The van der Waals surface area contributed by atoms with Gasteiger partial charge in [0, 0.05) is 6.07 Å². The van der Waals surface area contributed by atoms with Crippen LogP contribution >= 0.6 is 0 Å². The third-order valence-corrected chi connectivity index (χ3v) is 5.62. The Morgan fingerprint density at radius 3 is 2.30 bits per heavy atom. The van der Waals surface area contributed by atoms with E-state index in [-0.39, 0.29) is 5.75 Å². The zero-order valence-electron chi connectivity index (χ0n) is 19.2. The van der Waals surface area contributed by atoms with E-state index in [4.69, 9.17) is 4.74 Å². The second-order valence-corrected chi connectivity index (χ2v) is 8.91. The minimum absolute atomic E-state index is 0.277. The number of hydrogen-bond acceptors (Lipinski definition) is 8. The SMILES string of the molecule is CC1=C(C(=O)[O-])C(=O)NS(=O)(=O)O1.CCCCCCCCCCCOC[n+]1cccc(O)c1. The first-order valence-electron chi connectivity index (χ1n) is 11.1. The van der Waals surface area contributed by atoms with E-state index in [0.29, 0.717) is 6.73 Å². The maximum atomic E-state index is 10.8. The van der Waals surface area contributed by atoms with Crippen molar-refractivity contribution in [3.63, 3.8) is 0 Å². The normalized spacial score (nSPS) is 14.7. The van der Waals surface area contributed by atoms with Crippen LogP contribution in [0.4, 0.5) is 0 Å². The average molecular weight is 487 g/mol. The first-order valence-corrected chi connectivity index (χ1v) is 12.5. The number of unbranched alkanes of at least 4 members (excludes halogenated alkanes) is 8. The molecule has 1 amide bonds. The number of aromatic nitrogens is 1. The lowest BCUT2D eigenvalue weighted by molar-refractivity contribution is -0.733. The van der Waals surface area contributed by atoms with Gasteiger partial charge in [-0.05, 0) is 19.4 Å². The smallest absolute Gasteiger partial charge is 0.409 e. The number of allylic oxidation sites excluding steroid dienone is 1. The molecule has 10 nitrogen and oxygen atoms in total. The predicted octanol–water partition coefficient (Wildman–Crippen LogP) is 1.59. The Bertz CT molecular complexity index is 899. The van der Waals surface area contributed by atoms with E-state index >= 15 is 0 Å². The van der Waals surface area contributed by atoms with Crippen LogP contribution in [0.1, 0.15) is 71.6 Å². The summed E-state index contributed by atoms with van der Waals surface area (Å²) < 4.78 is 34.2. The highest BCUT2D eigenvalue weighted by Crippen LogP contribution is 2.14. The van der Waals surface area contributed by atoms with Crippen molar-refractivity contribution in [2.45, 2.75) is 78.4 Å². The number of carboxylic acids is 1. The molecule has 1 aliphatic heterocycles. The van der Waals surface area contributed by atoms with E-state index in [9.17, 15) is 28.2 Å². The minimum Gasteiger partial charge on any atom is -0.544 e. The third-order valence-electron chi connectivity index (χ3n) is 4.71. The van der Waals surface area contributed by atoms with Crippen LogP contribution in [-0.2, 0) is 35.5 Å². The molecule has 0 bridgehead atoms. The number of pyridine rings is 1. The van der Waals surface area contributed by atoms with Crippen molar-refractivity contribution in [1.82, 2.24) is 4.72 Å². The molecule has 1 aliphatic rings. The Morgan fingerprint density at radius 2 is 1.76 bits per heavy atom. The Labute approximate surface area is 195 Å². The largest absolute Gasteiger partial charge is 0.544 e. The van der Waals surface area contributed by atoms with Crippen LogP contribution in [-0.4, -0.2) is 32.0 Å². The van der Waals surface area contributed by atoms with E-state index in [0.717, 1.165) is 20.0 Å². The standard InChI is InChI=1S/C17H29NO2.C5H5NO6S/c1-2-3-4-5-6-7-8-9-10-14-20-16-18-13-11-12-17(19)15-18;1-2-3(5(8)9)4(7)6-13(10,11)12-2/h11-13,15H,2-10,14,16H2,1H3;1H3,(H,6,7)(H,8,9). The van der Waals surface area contributed by atoms with Gasteiger partial charge in [-0.2, -0.15) is 13.0 Å². The van der Waals surface area contributed by atoms with E-state index in [1.54, 1.807) is 12.3 Å². The van der Waals surface area contributed by atoms with Crippen molar-refractivity contribution in [2.75, 3.05) is 6.61 Å². The molecule has 0 aliphatic carbocycles. The molecule has 1 aromatic rings. The molecule has 2 N–H and O–H groups in total. The Balaban J connectivity index is 0.000000361. The highest BCUT2D eigenvalue weighted by Gasteiger charge is 2.29. The molecule has 1 aromatic heterocycles. The van der Waals surface area contributed by atoms with Gasteiger partial charge in [-0.1, -0.05) is 58.3 Å². The topological polar surface area (TPSA) is 146 Å². The van der Waals surface area contributed by atoms with Crippen LogP contribution in [0.5, 0.6) is 5.75 Å². The van der Waals surface area contributed by atoms with Gasteiger partial charge in [-0.25, -0.2) is 4.72 Å². The monoisotopic (exact) mass is 486 g/mol. The van der Waals surface area contributed by atoms with Gasteiger partial charge in [-0.15, -0.1) is 0 Å². The highest BCUT2D eigenvalue weighted by atomic mass is 32.2. The summed E-state index contributed by atoms with van der Waals surface area (Å²) in [5, 5.41) is 19.6. The summed E-state index contributed by atoms with van der Waals surface area (Å²) in [6.07, 6.45) is 15.6. The van der Waals surface area contributed by atoms with E-state index in [2.05, 4.69) is 11.1 Å². The van der Waals surface area contributed by atoms with E-state index in [1.165, 1.54) is 56.1 Å². The van der Waals surface area contributed by atoms with E-state index in [1.807, 2.05) is 16.8 Å². The molecule has 0 radical (unpaired) electrons. The highest BCUT2D eigenvalue weighted by molar-refractivity contribution is 7.85. The number of aliphatic carboxylic acids is 1. The quantitative estimate of drug-likeness (QED) is 0.243. The Hall–Kier alpha value is -2.66. The lowest BCUT2D eigenvalue weighted by Gasteiger charge is -2.18. The van der Waals surface area contributed by atoms with Crippen LogP contribution < -0.4 is 14.4 Å². The van der Waals surface area contributed by atoms with Gasteiger partial charge < -0.3 is 23.9 Å². The van der Waals surface area contributed by atoms with Crippen molar-refractivity contribution in [3.8, 4) is 5.75 Å². The summed E-state index contributed by atoms with van der Waals surface area (Å²) in [6.45, 7) is 4.63. The molecular formula is C22H34N2O8S. The molecule has 0 fully saturated rings. The summed E-state index contributed by atoms with van der Waals surface area (Å²) in [6, 6.07) is 3.48. The van der Waals surface area contributed by atoms with Crippen LogP contribution in [0.3, 0.4) is 0 Å². The van der Waals surface area contributed by atoms with E-state index < -0.39 is 33.5 Å². The van der Waals surface area contributed by atoms with Crippen LogP contribution in [0.15, 0.2) is 35.9 Å². The van der Waals surface area contributed by atoms with Gasteiger partial charge in [0.15, 0.2) is 11.9 Å². The number of amides is 1. The first kappa shape index (κ1) is 28.4. The predicted molar refractivity (Wildman–Crippen MR) is 117 cm³/mol. The minimum atomic E-state index is -4.20. The molecule has 0 unspecified atom stereocenters. The Kier molecular flexibility index (Phi) is 13.1. The summed E-state index contributed by atoms with van der Waals surface area (Å²) >= 11 is 0. The second-order valence-electron chi connectivity index (χ2n) is 7.63. The number of carboxylic acid groups (broad SMARTS) is 1. The number of rotatable bonds is 13. The molecule has 0 saturated heterocycles. The van der Waals surface area contributed by atoms with Crippen molar-refractivity contribution in [1.29, 1.82) is 0 Å². The lowest BCUT2D eigenvalue weighted by Crippen LogP contribution is -2.43. The summed E-state index contributed by atoms with van der Waals surface area (Å²) in [4.78, 5) is 21.1. The number of ether oxygens (including phenoxy) is 1. The molecule has 0 saturated carbocycles. The molecule has 0 atom stereocenters. The van der Waals surface area contributed by atoms with Crippen LogP contribution in [0.25, 0.3) is 0 Å². The summed E-state index contributed by atoms with van der Waals surface area (Å²) in [7, 11) is -4.20. The first-order chi connectivity index (χ1) is 15.7. The number of carbonyl (C=O) groups is 2. The van der Waals surface area contributed by atoms with Crippen LogP contribution in [0, 0.1) is 0 Å². The Morgan fingerprint density at radius 1 is 1.15 bits per heavy atom. The fourth-order valence-electron chi connectivity index (χ4n) is 3.06. The molecule has 186 valence electrons. The number of nitrogens with one attached hydrogen (secondary N) is 1. The van der Waals surface area contributed by atoms with Crippen molar-refractivity contribution in [2.24, 2.45) is 0 Å². The lowest BCUT2D eigenvalue weighted by atomic mass is 10.1. The molecular weight excluding hydrogens is 452 g/mol. The molecule has 11 heteroatoms. The molecule has 2 rings (SSSR count). The van der Waals surface area contributed by atoms with Gasteiger partial charge in [-0.3, -0.25) is 4.79 Å². The molecule has 0 spiro atoms. The zero-order valence-corrected chi connectivity index (χ0v) is 20.1. The van der Waals surface area contributed by atoms with Crippen molar-refractivity contribution < 1.29 is 41.7 Å². The van der Waals surface area contributed by atoms with Crippen molar-refractivity contribution in [3.05, 3.63) is 35.9 Å². The second kappa shape index (κ2) is 15.2. The van der Waals surface area contributed by atoms with Gasteiger partial charge in [0.25, 0.3) is 12.6 Å². The third kappa shape index (κ3) is 12.2. The van der Waals surface area contributed by atoms with Crippen molar-refractivity contribution >= 4 is 22.2 Å². The maximum Gasteiger partial charge on any atom is 0.409 e. The number of hydrogen-bond donors (Lipinski definition) is 2. The molecule has 33 heavy (non-hydrogen) atoms. The van der Waals surface area contributed by atoms with Crippen LogP contribution in [0.2, 0.25) is 0 Å². The van der Waals surface area contributed by atoms with Gasteiger partial charge in [0.1, 0.15) is 11.3 Å². The maximum absolute atomic E-state index is 10.8. The summed E-state index contributed by atoms with van der Waals surface area (Å²) in [5.41, 5.74) is -0.824. The fourth-order valence-corrected chi connectivity index (χ4v) is 3.84. The van der Waals surface area contributed by atoms with Gasteiger partial charge >= 0.3 is 10.3 Å². The average Bonchev–Trinajstić information content (AvgIpc) is 2.71. The number of aromatic hydroxyl groups is 1. The summed E-state index contributed by atoms with van der Waals surface area (Å²) in [5.74, 6) is -3.28. The van der Waals surface area contributed by atoms with Gasteiger partial charge in [0.05, 0.1) is 12.6 Å². The number of carbonyl (C=O) groups excluding carboxylic acids is 2.